The molecule has 1 aliphatic carbocycles. The number of carboxylic acid groups (broad SMARTS) is 1. The van der Waals surface area contributed by atoms with E-state index in [9.17, 15) is 19.5 Å². The number of carbonyl (C=O) groups excluding carboxylic acids is 2. The van der Waals surface area contributed by atoms with Crippen molar-refractivity contribution in [2.45, 2.75) is 38.5 Å². The van der Waals surface area contributed by atoms with E-state index in [1.807, 2.05) is 0 Å². The second kappa shape index (κ2) is 4.96. The molecule has 1 saturated carbocycles. The van der Waals surface area contributed by atoms with E-state index in [0.29, 0.717) is 12.8 Å². The first-order valence-electron chi connectivity index (χ1n) is 6.37. The van der Waals surface area contributed by atoms with E-state index in [0.717, 1.165) is 30.6 Å². The van der Waals surface area contributed by atoms with Crippen LogP contribution in [0, 0.1) is 5.41 Å². The average molecular weight is 254 g/mol. The zero-order chi connectivity index (χ0) is 13.2. The lowest BCUT2D eigenvalue weighted by atomic mass is 9.80. The summed E-state index contributed by atoms with van der Waals surface area (Å²) in [6, 6.07) is -0.468. The van der Waals surface area contributed by atoms with Crippen molar-refractivity contribution in [3.63, 3.8) is 0 Å². The highest BCUT2D eigenvalue weighted by Crippen LogP contribution is 2.36. The molecule has 2 N–H and O–H groups in total. The van der Waals surface area contributed by atoms with Crippen LogP contribution < -0.4 is 5.32 Å². The lowest BCUT2D eigenvalue weighted by Gasteiger charge is -2.31. The van der Waals surface area contributed by atoms with Crippen molar-refractivity contribution >= 4 is 17.9 Å². The molecule has 0 spiro atoms. The van der Waals surface area contributed by atoms with Crippen LogP contribution in [0.25, 0.3) is 0 Å². The first-order chi connectivity index (χ1) is 8.55. The summed E-state index contributed by atoms with van der Waals surface area (Å²) in [6.45, 7) is -0.0124. The van der Waals surface area contributed by atoms with Crippen LogP contribution in [0.4, 0.5) is 4.79 Å². The van der Waals surface area contributed by atoms with E-state index in [1.54, 1.807) is 0 Å². The standard InChI is InChI=1S/C12H18N2O4/c15-9-7-13-11(18)14(9)8-12(10(16)17)5-3-1-2-4-6-12/h1-8H2,(H,13,18)(H,16,17). The van der Waals surface area contributed by atoms with Gasteiger partial charge in [-0.05, 0) is 12.8 Å². The molecule has 0 radical (unpaired) electrons. The molecule has 1 saturated heterocycles. The number of nitrogens with zero attached hydrogens (tertiary/aromatic N) is 1. The molecule has 18 heavy (non-hydrogen) atoms. The number of hydrogen-bond acceptors (Lipinski definition) is 3. The van der Waals surface area contributed by atoms with Crippen molar-refractivity contribution in [2.24, 2.45) is 5.41 Å². The molecule has 0 unspecified atom stereocenters. The largest absolute Gasteiger partial charge is 0.481 e. The van der Waals surface area contributed by atoms with E-state index in [1.165, 1.54) is 0 Å². The molecule has 0 aromatic carbocycles. The molecule has 100 valence electrons. The second-order valence-electron chi connectivity index (χ2n) is 5.14. The highest BCUT2D eigenvalue weighted by atomic mass is 16.4. The summed E-state index contributed by atoms with van der Waals surface area (Å²) in [5.41, 5.74) is -0.951. The monoisotopic (exact) mass is 254 g/mol. The first kappa shape index (κ1) is 12.9. The van der Waals surface area contributed by atoms with Crippen LogP contribution in [0.5, 0.6) is 0 Å². The third-order valence-corrected chi connectivity index (χ3v) is 3.91. The Morgan fingerprint density at radius 1 is 1.22 bits per heavy atom. The van der Waals surface area contributed by atoms with Gasteiger partial charge >= 0.3 is 12.0 Å². The van der Waals surface area contributed by atoms with Crippen LogP contribution >= 0.6 is 0 Å². The molecule has 0 bridgehead atoms. The Hall–Kier alpha value is -1.59. The lowest BCUT2D eigenvalue weighted by molar-refractivity contribution is -0.151. The quantitative estimate of drug-likeness (QED) is 0.580. The Balaban J connectivity index is 2.17. The molecule has 1 heterocycles. The summed E-state index contributed by atoms with van der Waals surface area (Å²) >= 11 is 0. The highest BCUT2D eigenvalue weighted by Gasteiger charge is 2.44. The number of urea groups is 1. The minimum absolute atomic E-state index is 0.00694. The minimum Gasteiger partial charge on any atom is -0.481 e. The third kappa shape index (κ3) is 2.32. The topological polar surface area (TPSA) is 86.7 Å². The number of carbonyl (C=O) groups is 3. The first-order valence-corrected chi connectivity index (χ1v) is 6.37. The van der Waals surface area contributed by atoms with E-state index < -0.39 is 17.4 Å². The van der Waals surface area contributed by atoms with Crippen LogP contribution in [-0.2, 0) is 9.59 Å². The maximum atomic E-state index is 11.6. The van der Waals surface area contributed by atoms with Crippen LogP contribution in [0.15, 0.2) is 0 Å². The van der Waals surface area contributed by atoms with Crippen LogP contribution in [0.2, 0.25) is 0 Å². The van der Waals surface area contributed by atoms with Crippen molar-refractivity contribution < 1.29 is 19.5 Å². The summed E-state index contributed by atoms with van der Waals surface area (Å²) in [5.74, 6) is -1.22. The fourth-order valence-corrected chi connectivity index (χ4v) is 2.76. The molecule has 0 aromatic rings. The van der Waals surface area contributed by atoms with E-state index in [2.05, 4.69) is 5.32 Å². The number of hydrogen-bond donors (Lipinski definition) is 2. The number of carboxylic acids is 1. The van der Waals surface area contributed by atoms with E-state index in [4.69, 9.17) is 0 Å². The maximum Gasteiger partial charge on any atom is 0.324 e. The molecule has 3 amide bonds. The minimum atomic E-state index is -0.951. The van der Waals surface area contributed by atoms with Crippen LogP contribution in [0.1, 0.15) is 38.5 Å². The van der Waals surface area contributed by atoms with Crippen molar-refractivity contribution in [3.8, 4) is 0 Å². The number of amides is 3. The predicted molar refractivity (Wildman–Crippen MR) is 62.9 cm³/mol. The van der Waals surface area contributed by atoms with Gasteiger partial charge in [0.05, 0.1) is 12.0 Å². The van der Waals surface area contributed by atoms with E-state index in [-0.39, 0.29) is 19.0 Å². The average Bonchev–Trinajstić information content (AvgIpc) is 2.58. The highest BCUT2D eigenvalue weighted by molar-refractivity contribution is 6.02. The number of imide groups is 1. The Labute approximate surface area is 105 Å². The second-order valence-corrected chi connectivity index (χ2v) is 5.14. The summed E-state index contributed by atoms with van der Waals surface area (Å²) in [4.78, 5) is 35.7. The SMILES string of the molecule is O=C1CNC(=O)N1CC1(C(=O)O)CCCCCC1. The van der Waals surface area contributed by atoms with Gasteiger partial charge in [-0.1, -0.05) is 25.7 Å². The van der Waals surface area contributed by atoms with Gasteiger partial charge in [0.2, 0.25) is 5.91 Å². The Bertz CT molecular complexity index is 356. The Kier molecular flexibility index (Phi) is 3.54. The summed E-state index contributed by atoms with van der Waals surface area (Å²) in [5, 5.41) is 11.9. The molecule has 6 heteroatoms. The fraction of sp³-hybridized carbons (Fsp3) is 0.750. The van der Waals surface area contributed by atoms with Gasteiger partial charge in [-0.3, -0.25) is 14.5 Å². The van der Waals surface area contributed by atoms with Gasteiger partial charge in [0.15, 0.2) is 0 Å². The Morgan fingerprint density at radius 2 is 1.83 bits per heavy atom. The van der Waals surface area contributed by atoms with Gasteiger partial charge in [0.1, 0.15) is 0 Å². The molecular formula is C12H18N2O4. The van der Waals surface area contributed by atoms with Crippen molar-refractivity contribution in [3.05, 3.63) is 0 Å². The zero-order valence-corrected chi connectivity index (χ0v) is 10.3. The molecule has 6 nitrogen and oxygen atoms in total. The summed E-state index contributed by atoms with van der Waals surface area (Å²) < 4.78 is 0. The van der Waals surface area contributed by atoms with Crippen molar-refractivity contribution in [1.82, 2.24) is 10.2 Å². The molecule has 2 fully saturated rings. The Morgan fingerprint density at radius 3 is 2.28 bits per heavy atom. The zero-order valence-electron chi connectivity index (χ0n) is 10.3. The molecule has 0 atom stereocenters. The summed E-state index contributed by atoms with van der Waals surface area (Å²) in [7, 11) is 0. The molecule has 0 aromatic heterocycles. The van der Waals surface area contributed by atoms with Gasteiger partial charge in [-0.15, -0.1) is 0 Å². The fourth-order valence-electron chi connectivity index (χ4n) is 2.76. The van der Waals surface area contributed by atoms with Gasteiger partial charge in [-0.25, -0.2) is 4.79 Å². The maximum absolute atomic E-state index is 11.6. The molecule has 1 aliphatic heterocycles. The number of rotatable bonds is 3. The number of nitrogens with one attached hydrogen (secondary N) is 1. The predicted octanol–water partition coefficient (Wildman–Crippen LogP) is 0.963. The normalized spacial score (nSPS) is 23.7. The van der Waals surface area contributed by atoms with Crippen LogP contribution in [0.3, 0.4) is 0 Å². The van der Waals surface area contributed by atoms with Crippen molar-refractivity contribution in [2.75, 3.05) is 13.1 Å². The summed E-state index contributed by atoms with van der Waals surface area (Å²) in [6.07, 6.45) is 4.81. The molecule has 2 rings (SSSR count). The van der Waals surface area contributed by atoms with E-state index >= 15 is 0 Å². The molecular weight excluding hydrogens is 236 g/mol. The van der Waals surface area contributed by atoms with Gasteiger partial charge < -0.3 is 10.4 Å². The third-order valence-electron chi connectivity index (χ3n) is 3.91. The smallest absolute Gasteiger partial charge is 0.324 e. The number of aliphatic carboxylic acids is 1. The molecule has 2 aliphatic rings. The van der Waals surface area contributed by atoms with Crippen LogP contribution in [-0.4, -0.2) is 41.0 Å². The van der Waals surface area contributed by atoms with Gasteiger partial charge in [-0.2, -0.15) is 0 Å². The van der Waals surface area contributed by atoms with Gasteiger partial charge in [0, 0.05) is 6.54 Å². The lowest BCUT2D eigenvalue weighted by Crippen LogP contribution is -2.45. The van der Waals surface area contributed by atoms with Crippen molar-refractivity contribution in [1.29, 1.82) is 0 Å². The van der Waals surface area contributed by atoms with Gasteiger partial charge in [0.25, 0.3) is 0 Å².